The molecular formula is C14H13BrClNO. The molecule has 0 atom stereocenters. The Morgan fingerprint density at radius 1 is 1.22 bits per heavy atom. The van der Waals surface area contributed by atoms with Gasteiger partial charge < -0.3 is 10.4 Å². The average Bonchev–Trinajstić information content (AvgIpc) is 2.30. The maximum absolute atomic E-state index is 9.35. The van der Waals surface area contributed by atoms with Gasteiger partial charge in [0, 0.05) is 21.7 Å². The number of phenolic OH excluding ortho intramolecular Hbond substituents is 1. The predicted octanol–water partition coefficient (Wildman–Crippen LogP) is 4.73. The molecule has 0 radical (unpaired) electrons. The summed E-state index contributed by atoms with van der Waals surface area (Å²) < 4.78 is 0.985. The minimum Gasteiger partial charge on any atom is -0.508 e. The van der Waals surface area contributed by atoms with Gasteiger partial charge in [-0.2, -0.15) is 0 Å². The molecule has 18 heavy (non-hydrogen) atoms. The van der Waals surface area contributed by atoms with Gasteiger partial charge in [0.05, 0.1) is 0 Å². The summed E-state index contributed by atoms with van der Waals surface area (Å²) in [6.45, 7) is 2.66. The Hall–Kier alpha value is -1.19. The Bertz CT molecular complexity index is 520. The Balaban J connectivity index is 2.11. The number of phenols is 1. The fraction of sp³-hybridized carbons (Fsp3) is 0.143. The summed E-state index contributed by atoms with van der Waals surface area (Å²) in [5.74, 6) is 0.283. The first kappa shape index (κ1) is 13.2. The van der Waals surface area contributed by atoms with E-state index >= 15 is 0 Å². The second-order valence-corrected chi connectivity index (χ2v) is 5.38. The van der Waals surface area contributed by atoms with Gasteiger partial charge >= 0.3 is 0 Å². The van der Waals surface area contributed by atoms with Crippen molar-refractivity contribution in [3.8, 4) is 5.75 Å². The van der Waals surface area contributed by atoms with Crippen LogP contribution in [0.5, 0.6) is 5.75 Å². The first-order valence-corrected chi connectivity index (χ1v) is 6.71. The summed E-state index contributed by atoms with van der Waals surface area (Å²) in [5.41, 5.74) is 3.15. The van der Waals surface area contributed by atoms with Crippen LogP contribution in [0.2, 0.25) is 5.02 Å². The molecule has 2 rings (SSSR count). The molecule has 0 aliphatic rings. The van der Waals surface area contributed by atoms with Crippen LogP contribution in [-0.4, -0.2) is 5.11 Å². The summed E-state index contributed by atoms with van der Waals surface area (Å²) in [6.07, 6.45) is 0. The van der Waals surface area contributed by atoms with Gasteiger partial charge in [-0.15, -0.1) is 0 Å². The van der Waals surface area contributed by atoms with Gasteiger partial charge in [-0.3, -0.25) is 0 Å². The van der Waals surface area contributed by atoms with E-state index in [2.05, 4.69) is 21.2 Å². The van der Waals surface area contributed by atoms with Crippen molar-refractivity contribution in [2.75, 3.05) is 5.32 Å². The highest BCUT2D eigenvalue weighted by Crippen LogP contribution is 2.24. The van der Waals surface area contributed by atoms with Crippen LogP contribution in [0.15, 0.2) is 40.9 Å². The van der Waals surface area contributed by atoms with Gasteiger partial charge in [-0.1, -0.05) is 33.6 Å². The zero-order valence-electron chi connectivity index (χ0n) is 9.87. The monoisotopic (exact) mass is 325 g/mol. The molecule has 2 N–H and O–H groups in total. The van der Waals surface area contributed by atoms with Gasteiger partial charge in [-0.25, -0.2) is 0 Å². The highest BCUT2D eigenvalue weighted by molar-refractivity contribution is 9.10. The van der Waals surface area contributed by atoms with Crippen LogP contribution in [0.4, 0.5) is 5.69 Å². The average molecular weight is 327 g/mol. The number of benzene rings is 2. The fourth-order valence-corrected chi connectivity index (χ4v) is 2.52. The molecule has 2 aromatic carbocycles. The highest BCUT2D eigenvalue weighted by atomic mass is 79.9. The zero-order chi connectivity index (χ0) is 13.1. The first-order valence-electron chi connectivity index (χ1n) is 5.53. The van der Waals surface area contributed by atoms with E-state index in [1.54, 1.807) is 12.1 Å². The van der Waals surface area contributed by atoms with Gasteiger partial charge in [0.2, 0.25) is 0 Å². The van der Waals surface area contributed by atoms with E-state index < -0.39 is 0 Å². The summed E-state index contributed by atoms with van der Waals surface area (Å²) in [4.78, 5) is 0. The molecule has 0 saturated heterocycles. The summed E-state index contributed by atoms with van der Waals surface area (Å²) >= 11 is 9.38. The number of hydrogen-bond donors (Lipinski definition) is 2. The highest BCUT2D eigenvalue weighted by Gasteiger charge is 2.03. The molecule has 0 aromatic heterocycles. The van der Waals surface area contributed by atoms with Crippen LogP contribution in [0.25, 0.3) is 0 Å². The van der Waals surface area contributed by atoms with E-state index in [9.17, 15) is 5.11 Å². The lowest BCUT2D eigenvalue weighted by molar-refractivity contribution is 0.475. The van der Waals surface area contributed by atoms with Gasteiger partial charge in [-0.05, 0) is 48.4 Å². The SMILES string of the molecule is Cc1cc(O)ccc1NCc1ccc(Cl)cc1Br. The number of halogens is 2. The molecule has 4 heteroatoms. The third kappa shape index (κ3) is 3.18. The molecule has 0 amide bonds. The van der Waals surface area contributed by atoms with E-state index in [-0.39, 0.29) is 5.75 Å². The number of hydrogen-bond acceptors (Lipinski definition) is 2. The molecule has 2 nitrogen and oxygen atoms in total. The fourth-order valence-electron chi connectivity index (χ4n) is 1.70. The molecule has 0 aliphatic carbocycles. The first-order chi connectivity index (χ1) is 8.56. The van der Waals surface area contributed by atoms with E-state index in [0.717, 1.165) is 21.3 Å². The molecule has 0 aliphatic heterocycles. The van der Waals surface area contributed by atoms with E-state index in [0.29, 0.717) is 11.6 Å². The molecule has 0 saturated carbocycles. The third-order valence-corrected chi connectivity index (χ3v) is 3.67. The van der Waals surface area contributed by atoms with Crippen molar-refractivity contribution in [2.45, 2.75) is 13.5 Å². The van der Waals surface area contributed by atoms with Crippen molar-refractivity contribution < 1.29 is 5.11 Å². The van der Waals surface area contributed by atoms with Gasteiger partial charge in [0.25, 0.3) is 0 Å². The van der Waals surface area contributed by atoms with Crippen molar-refractivity contribution in [1.29, 1.82) is 0 Å². The summed E-state index contributed by atoms with van der Waals surface area (Å²) in [7, 11) is 0. The quantitative estimate of drug-likeness (QED) is 0.799. The largest absolute Gasteiger partial charge is 0.508 e. The predicted molar refractivity (Wildman–Crippen MR) is 79.3 cm³/mol. The van der Waals surface area contributed by atoms with Crippen molar-refractivity contribution in [3.05, 3.63) is 57.0 Å². The molecule has 0 bridgehead atoms. The summed E-state index contributed by atoms with van der Waals surface area (Å²) in [6, 6.07) is 11.0. The number of nitrogens with one attached hydrogen (secondary N) is 1. The molecule has 2 aromatic rings. The lowest BCUT2D eigenvalue weighted by atomic mass is 10.1. The third-order valence-electron chi connectivity index (χ3n) is 2.69. The Labute approximate surface area is 120 Å². The number of aromatic hydroxyl groups is 1. The van der Waals surface area contributed by atoms with Crippen molar-refractivity contribution in [3.63, 3.8) is 0 Å². The van der Waals surface area contributed by atoms with Crippen molar-refractivity contribution in [1.82, 2.24) is 0 Å². The molecule has 0 fully saturated rings. The van der Waals surface area contributed by atoms with E-state index in [4.69, 9.17) is 11.6 Å². The van der Waals surface area contributed by atoms with Crippen LogP contribution in [0.1, 0.15) is 11.1 Å². The van der Waals surface area contributed by atoms with Crippen LogP contribution >= 0.6 is 27.5 Å². The van der Waals surface area contributed by atoms with Crippen LogP contribution < -0.4 is 5.32 Å². The minimum absolute atomic E-state index is 0.283. The second kappa shape index (κ2) is 5.63. The molecule has 0 spiro atoms. The normalized spacial score (nSPS) is 10.4. The number of aryl methyl sites for hydroxylation is 1. The maximum atomic E-state index is 9.35. The van der Waals surface area contributed by atoms with E-state index in [1.165, 1.54) is 0 Å². The smallest absolute Gasteiger partial charge is 0.115 e. The standard InChI is InChI=1S/C14H13BrClNO/c1-9-6-12(18)4-5-14(9)17-8-10-2-3-11(16)7-13(10)15/h2-7,17-18H,8H2,1H3. The molecular weight excluding hydrogens is 314 g/mol. The lowest BCUT2D eigenvalue weighted by Crippen LogP contribution is -2.01. The molecule has 0 unspecified atom stereocenters. The Morgan fingerprint density at radius 2 is 2.00 bits per heavy atom. The van der Waals surface area contributed by atoms with Gasteiger partial charge in [0.15, 0.2) is 0 Å². The van der Waals surface area contributed by atoms with Crippen LogP contribution in [0.3, 0.4) is 0 Å². The minimum atomic E-state index is 0.283. The van der Waals surface area contributed by atoms with Gasteiger partial charge in [0.1, 0.15) is 5.75 Å². The Kier molecular flexibility index (Phi) is 4.15. The lowest BCUT2D eigenvalue weighted by Gasteiger charge is -2.11. The van der Waals surface area contributed by atoms with Crippen LogP contribution in [-0.2, 0) is 6.54 Å². The maximum Gasteiger partial charge on any atom is 0.115 e. The van der Waals surface area contributed by atoms with Crippen molar-refractivity contribution in [2.24, 2.45) is 0 Å². The van der Waals surface area contributed by atoms with E-state index in [1.807, 2.05) is 31.2 Å². The number of rotatable bonds is 3. The molecule has 94 valence electrons. The topological polar surface area (TPSA) is 32.3 Å². The van der Waals surface area contributed by atoms with Crippen molar-refractivity contribution >= 4 is 33.2 Å². The second-order valence-electron chi connectivity index (χ2n) is 4.09. The zero-order valence-corrected chi connectivity index (χ0v) is 12.2. The Morgan fingerprint density at radius 3 is 2.67 bits per heavy atom. The number of anilines is 1. The van der Waals surface area contributed by atoms with Crippen LogP contribution in [0, 0.1) is 6.92 Å². The molecule has 0 heterocycles. The summed E-state index contributed by atoms with van der Waals surface area (Å²) in [5, 5.41) is 13.4.